The summed E-state index contributed by atoms with van der Waals surface area (Å²) in [4.78, 5) is 23.7. The van der Waals surface area contributed by atoms with E-state index in [-0.39, 0.29) is 24.9 Å². The summed E-state index contributed by atoms with van der Waals surface area (Å²) in [6.07, 6.45) is 0.969. The minimum atomic E-state index is -0.926. The number of amides is 1. The summed E-state index contributed by atoms with van der Waals surface area (Å²) in [5.74, 6) is -0.514. The molecule has 5 nitrogen and oxygen atoms in total. The van der Waals surface area contributed by atoms with Crippen LogP contribution in [0.5, 0.6) is 0 Å². The van der Waals surface area contributed by atoms with Crippen LogP contribution in [0.1, 0.15) is 33.1 Å². The molecule has 1 fully saturated rings. The second kappa shape index (κ2) is 6.59. The number of rotatable bonds is 6. The van der Waals surface area contributed by atoms with Crippen molar-refractivity contribution in [2.24, 2.45) is 5.92 Å². The Bertz CT molecular complexity index is 278. The second-order valence-electron chi connectivity index (χ2n) is 4.87. The Kier molecular flexibility index (Phi) is 5.41. The normalized spacial score (nSPS) is 19.9. The number of hydrogen-bond donors (Lipinski definition) is 1. The molecule has 1 atom stereocenters. The molecule has 0 aromatic heterocycles. The lowest BCUT2D eigenvalue weighted by Gasteiger charge is -2.17. The van der Waals surface area contributed by atoms with Gasteiger partial charge in [-0.1, -0.05) is 13.8 Å². The van der Waals surface area contributed by atoms with Gasteiger partial charge in [0.2, 0.25) is 5.91 Å². The van der Waals surface area contributed by atoms with Crippen molar-refractivity contribution in [2.75, 3.05) is 19.7 Å². The molecule has 1 rings (SSSR count). The van der Waals surface area contributed by atoms with Crippen LogP contribution in [0.4, 0.5) is 0 Å². The Morgan fingerprint density at radius 1 is 1.41 bits per heavy atom. The number of carbonyl (C=O) groups excluding carboxylic acids is 1. The Morgan fingerprint density at radius 3 is 2.71 bits per heavy atom. The zero-order valence-electron chi connectivity index (χ0n) is 10.5. The Balaban J connectivity index is 2.24. The predicted molar refractivity (Wildman–Crippen MR) is 62.6 cm³/mol. The van der Waals surface area contributed by atoms with E-state index in [1.807, 2.05) is 0 Å². The van der Waals surface area contributed by atoms with Gasteiger partial charge in [-0.2, -0.15) is 0 Å². The van der Waals surface area contributed by atoms with Crippen molar-refractivity contribution in [1.29, 1.82) is 0 Å². The first-order valence-electron chi connectivity index (χ1n) is 6.10. The topological polar surface area (TPSA) is 66.8 Å². The minimum absolute atomic E-state index is 0.0805. The fraction of sp³-hybridized carbons (Fsp3) is 0.833. The molecule has 1 N–H and O–H groups in total. The molecule has 0 saturated carbocycles. The van der Waals surface area contributed by atoms with E-state index in [0.29, 0.717) is 25.6 Å². The molecule has 17 heavy (non-hydrogen) atoms. The Hall–Kier alpha value is -1.10. The molecule has 1 heterocycles. The highest BCUT2D eigenvalue weighted by Gasteiger charge is 2.26. The molecule has 1 unspecified atom stereocenters. The molecule has 0 radical (unpaired) electrons. The quantitative estimate of drug-likeness (QED) is 0.759. The molecular formula is C12H21NO4. The summed E-state index contributed by atoms with van der Waals surface area (Å²) in [5, 5.41) is 8.51. The summed E-state index contributed by atoms with van der Waals surface area (Å²) < 4.78 is 5.66. The van der Waals surface area contributed by atoms with Gasteiger partial charge >= 0.3 is 5.97 Å². The van der Waals surface area contributed by atoms with Gasteiger partial charge in [0.25, 0.3) is 0 Å². The van der Waals surface area contributed by atoms with Crippen molar-refractivity contribution in [3.63, 3.8) is 0 Å². The molecule has 0 aromatic carbocycles. The Morgan fingerprint density at radius 2 is 2.12 bits per heavy atom. The molecule has 1 aliphatic heterocycles. The van der Waals surface area contributed by atoms with Crippen LogP contribution < -0.4 is 0 Å². The number of likely N-dealkylation sites (tertiary alicyclic amines) is 1. The lowest BCUT2D eigenvalue weighted by atomic mass is 10.2. The maximum atomic E-state index is 11.6. The summed E-state index contributed by atoms with van der Waals surface area (Å²) in [6.45, 7) is 6.17. The molecule has 0 spiro atoms. The number of aliphatic carboxylic acids is 1. The van der Waals surface area contributed by atoms with Gasteiger partial charge < -0.3 is 14.7 Å². The average molecular weight is 243 g/mol. The smallest absolute Gasteiger partial charge is 0.303 e. The molecule has 5 heteroatoms. The molecule has 0 aliphatic carbocycles. The number of carboxylic acids is 1. The standard InChI is InChI=1S/C12H21NO4/c1-9(2)8-17-10-5-6-13(7-10)11(14)3-4-12(15)16/h9-10H,3-8H2,1-2H3,(H,15,16). The van der Waals surface area contributed by atoms with Crippen molar-refractivity contribution in [3.05, 3.63) is 0 Å². The first-order chi connectivity index (χ1) is 7.99. The number of nitrogens with zero attached hydrogens (tertiary/aromatic N) is 1. The molecule has 0 aromatic rings. The van der Waals surface area contributed by atoms with E-state index in [0.717, 1.165) is 6.42 Å². The van der Waals surface area contributed by atoms with Crippen molar-refractivity contribution < 1.29 is 19.4 Å². The number of carboxylic acid groups (broad SMARTS) is 1. The maximum absolute atomic E-state index is 11.6. The third-order valence-corrected chi connectivity index (χ3v) is 2.72. The molecular weight excluding hydrogens is 222 g/mol. The summed E-state index contributed by atoms with van der Waals surface area (Å²) >= 11 is 0. The molecule has 1 aliphatic rings. The van der Waals surface area contributed by atoms with Crippen LogP contribution in [0.25, 0.3) is 0 Å². The molecule has 98 valence electrons. The van der Waals surface area contributed by atoms with Gasteiger partial charge in [0.05, 0.1) is 12.5 Å². The Labute approximate surface area is 102 Å². The first kappa shape index (κ1) is 14.0. The lowest BCUT2D eigenvalue weighted by molar-refractivity contribution is -0.140. The third-order valence-electron chi connectivity index (χ3n) is 2.72. The van der Waals surface area contributed by atoms with E-state index in [2.05, 4.69) is 13.8 Å². The van der Waals surface area contributed by atoms with Crippen LogP contribution >= 0.6 is 0 Å². The number of hydrogen-bond acceptors (Lipinski definition) is 3. The SMILES string of the molecule is CC(C)COC1CCN(C(=O)CCC(=O)O)C1. The van der Waals surface area contributed by atoms with Crippen LogP contribution in [-0.2, 0) is 14.3 Å². The van der Waals surface area contributed by atoms with Crippen molar-refractivity contribution in [1.82, 2.24) is 4.90 Å². The fourth-order valence-electron chi connectivity index (χ4n) is 1.79. The molecule has 1 saturated heterocycles. The van der Waals surface area contributed by atoms with E-state index < -0.39 is 5.97 Å². The van der Waals surface area contributed by atoms with E-state index in [9.17, 15) is 9.59 Å². The maximum Gasteiger partial charge on any atom is 0.303 e. The predicted octanol–water partition coefficient (Wildman–Crippen LogP) is 1.12. The van der Waals surface area contributed by atoms with E-state index in [4.69, 9.17) is 9.84 Å². The van der Waals surface area contributed by atoms with Crippen LogP contribution in [-0.4, -0.2) is 47.7 Å². The summed E-state index contributed by atoms with van der Waals surface area (Å²) in [5.41, 5.74) is 0. The van der Waals surface area contributed by atoms with E-state index in [1.54, 1.807) is 4.90 Å². The zero-order chi connectivity index (χ0) is 12.8. The summed E-state index contributed by atoms with van der Waals surface area (Å²) in [6, 6.07) is 0. The molecule has 0 bridgehead atoms. The highest BCUT2D eigenvalue weighted by Crippen LogP contribution is 2.15. The van der Waals surface area contributed by atoms with Crippen LogP contribution in [0.3, 0.4) is 0 Å². The van der Waals surface area contributed by atoms with Crippen LogP contribution in [0, 0.1) is 5.92 Å². The fourth-order valence-corrected chi connectivity index (χ4v) is 1.79. The lowest BCUT2D eigenvalue weighted by Crippen LogP contribution is -2.30. The van der Waals surface area contributed by atoms with Gasteiger partial charge in [-0.25, -0.2) is 0 Å². The van der Waals surface area contributed by atoms with Gasteiger partial charge in [0.15, 0.2) is 0 Å². The monoisotopic (exact) mass is 243 g/mol. The highest BCUT2D eigenvalue weighted by atomic mass is 16.5. The van der Waals surface area contributed by atoms with Crippen molar-refractivity contribution in [2.45, 2.75) is 39.2 Å². The van der Waals surface area contributed by atoms with Crippen LogP contribution in [0.2, 0.25) is 0 Å². The third kappa shape index (κ3) is 5.17. The van der Waals surface area contributed by atoms with Crippen molar-refractivity contribution in [3.8, 4) is 0 Å². The largest absolute Gasteiger partial charge is 0.481 e. The highest BCUT2D eigenvalue weighted by molar-refractivity contribution is 5.80. The summed E-state index contributed by atoms with van der Waals surface area (Å²) in [7, 11) is 0. The van der Waals surface area contributed by atoms with Gasteiger partial charge in [0, 0.05) is 26.1 Å². The van der Waals surface area contributed by atoms with Gasteiger partial charge in [-0.3, -0.25) is 9.59 Å². The first-order valence-corrected chi connectivity index (χ1v) is 6.10. The van der Waals surface area contributed by atoms with Gasteiger partial charge in [-0.05, 0) is 12.3 Å². The minimum Gasteiger partial charge on any atom is -0.481 e. The zero-order valence-corrected chi connectivity index (χ0v) is 10.5. The van der Waals surface area contributed by atoms with Gasteiger partial charge in [0.1, 0.15) is 0 Å². The van der Waals surface area contributed by atoms with Gasteiger partial charge in [-0.15, -0.1) is 0 Å². The van der Waals surface area contributed by atoms with E-state index in [1.165, 1.54) is 0 Å². The molecule has 1 amide bonds. The van der Waals surface area contributed by atoms with Crippen molar-refractivity contribution >= 4 is 11.9 Å². The second-order valence-corrected chi connectivity index (χ2v) is 4.87. The number of ether oxygens (including phenoxy) is 1. The number of carbonyl (C=O) groups is 2. The van der Waals surface area contributed by atoms with E-state index >= 15 is 0 Å². The van der Waals surface area contributed by atoms with Crippen LogP contribution in [0.15, 0.2) is 0 Å². The average Bonchev–Trinajstić information content (AvgIpc) is 2.71.